The van der Waals surface area contributed by atoms with Crippen LogP contribution >= 0.6 is 0 Å². The van der Waals surface area contributed by atoms with Gasteiger partial charge in [-0.15, -0.1) is 0 Å². The van der Waals surface area contributed by atoms with Gasteiger partial charge in [0.1, 0.15) is 11.4 Å². The van der Waals surface area contributed by atoms with E-state index < -0.39 is 5.60 Å². The Morgan fingerprint density at radius 1 is 1.36 bits per heavy atom. The summed E-state index contributed by atoms with van der Waals surface area (Å²) in [7, 11) is 0. The van der Waals surface area contributed by atoms with Crippen molar-refractivity contribution < 1.29 is 9.50 Å². The molecular weight excluding hydrogens is 181 g/mol. The number of benzene rings is 1. The molecule has 1 atom stereocenters. The Labute approximate surface area is 83.6 Å². The monoisotopic (exact) mass is 197 g/mol. The van der Waals surface area contributed by atoms with Gasteiger partial charge in [-0.1, -0.05) is 26.0 Å². The Morgan fingerprint density at radius 2 is 1.86 bits per heavy atom. The highest BCUT2D eigenvalue weighted by molar-refractivity contribution is 5.24. The Bertz CT molecular complexity index is 297. The SMILES string of the molecule is CC(C)C(O)(CN)c1ccc(F)cc1. The van der Waals surface area contributed by atoms with Crippen molar-refractivity contribution in [1.29, 1.82) is 0 Å². The van der Waals surface area contributed by atoms with Crippen molar-refractivity contribution in [1.82, 2.24) is 0 Å². The molecule has 0 spiro atoms. The van der Waals surface area contributed by atoms with E-state index in [1.807, 2.05) is 13.8 Å². The summed E-state index contributed by atoms with van der Waals surface area (Å²) in [5.41, 5.74) is 5.14. The number of hydrogen-bond acceptors (Lipinski definition) is 2. The van der Waals surface area contributed by atoms with E-state index in [1.54, 1.807) is 12.1 Å². The topological polar surface area (TPSA) is 46.2 Å². The largest absolute Gasteiger partial charge is 0.384 e. The summed E-state index contributed by atoms with van der Waals surface area (Å²) in [6, 6.07) is 5.81. The molecule has 0 aromatic heterocycles. The molecular formula is C11H16FNO. The zero-order valence-electron chi connectivity index (χ0n) is 8.50. The first-order valence-corrected chi connectivity index (χ1v) is 4.69. The molecule has 3 heteroatoms. The Balaban J connectivity index is 3.06. The van der Waals surface area contributed by atoms with Crippen molar-refractivity contribution in [2.24, 2.45) is 11.7 Å². The standard InChI is InChI=1S/C11H16FNO/c1-8(2)11(14,7-13)9-3-5-10(12)6-4-9/h3-6,8,14H,7,13H2,1-2H3. The minimum Gasteiger partial charge on any atom is -0.384 e. The Morgan fingerprint density at radius 3 is 2.21 bits per heavy atom. The van der Waals surface area contributed by atoms with Crippen molar-refractivity contribution in [3.63, 3.8) is 0 Å². The van der Waals surface area contributed by atoms with Gasteiger partial charge in [0.05, 0.1) is 0 Å². The third kappa shape index (κ3) is 1.94. The highest BCUT2D eigenvalue weighted by atomic mass is 19.1. The number of aliphatic hydroxyl groups is 1. The van der Waals surface area contributed by atoms with Crippen molar-refractivity contribution in [3.8, 4) is 0 Å². The molecule has 0 aliphatic carbocycles. The lowest BCUT2D eigenvalue weighted by Gasteiger charge is -2.31. The van der Waals surface area contributed by atoms with Gasteiger partial charge >= 0.3 is 0 Å². The van der Waals surface area contributed by atoms with Gasteiger partial charge in [-0.25, -0.2) is 4.39 Å². The summed E-state index contributed by atoms with van der Waals surface area (Å²) in [4.78, 5) is 0. The zero-order chi connectivity index (χ0) is 10.8. The van der Waals surface area contributed by atoms with Crippen LogP contribution in [0.15, 0.2) is 24.3 Å². The molecule has 0 fully saturated rings. The van der Waals surface area contributed by atoms with Gasteiger partial charge in [0.15, 0.2) is 0 Å². The molecule has 1 aromatic carbocycles. The minimum atomic E-state index is -1.06. The van der Waals surface area contributed by atoms with E-state index >= 15 is 0 Å². The number of nitrogens with two attached hydrogens (primary N) is 1. The van der Waals surface area contributed by atoms with Crippen LogP contribution < -0.4 is 5.73 Å². The van der Waals surface area contributed by atoms with Crippen molar-refractivity contribution in [2.75, 3.05) is 6.54 Å². The van der Waals surface area contributed by atoms with Gasteiger partial charge in [0.2, 0.25) is 0 Å². The van der Waals surface area contributed by atoms with Gasteiger partial charge in [0.25, 0.3) is 0 Å². The lowest BCUT2D eigenvalue weighted by molar-refractivity contribution is -0.00119. The maximum absolute atomic E-state index is 12.7. The second kappa shape index (κ2) is 4.07. The molecule has 1 rings (SSSR count). The number of rotatable bonds is 3. The molecule has 0 heterocycles. The van der Waals surface area contributed by atoms with Crippen LogP contribution in [0.1, 0.15) is 19.4 Å². The van der Waals surface area contributed by atoms with E-state index in [0.717, 1.165) is 0 Å². The maximum atomic E-state index is 12.7. The van der Waals surface area contributed by atoms with Crippen LogP contribution in [-0.2, 0) is 5.60 Å². The van der Waals surface area contributed by atoms with E-state index in [4.69, 9.17) is 5.73 Å². The maximum Gasteiger partial charge on any atom is 0.123 e. The Hall–Kier alpha value is -0.930. The van der Waals surface area contributed by atoms with Gasteiger partial charge in [0, 0.05) is 6.54 Å². The van der Waals surface area contributed by atoms with Crippen molar-refractivity contribution >= 4 is 0 Å². The summed E-state index contributed by atoms with van der Waals surface area (Å²) < 4.78 is 12.7. The quantitative estimate of drug-likeness (QED) is 0.773. The third-order valence-corrected chi connectivity index (χ3v) is 2.61. The van der Waals surface area contributed by atoms with Crippen molar-refractivity contribution in [3.05, 3.63) is 35.6 Å². The van der Waals surface area contributed by atoms with E-state index in [0.29, 0.717) is 5.56 Å². The Kier molecular flexibility index (Phi) is 3.24. The predicted octanol–water partition coefficient (Wildman–Crippen LogP) is 1.63. The summed E-state index contributed by atoms with van der Waals surface area (Å²) in [5.74, 6) is -0.310. The second-order valence-corrected chi connectivity index (χ2v) is 3.79. The summed E-state index contributed by atoms with van der Waals surface area (Å²) in [6.07, 6.45) is 0. The molecule has 0 saturated heterocycles. The van der Waals surface area contributed by atoms with E-state index in [-0.39, 0.29) is 18.3 Å². The van der Waals surface area contributed by atoms with Gasteiger partial charge in [-0.2, -0.15) is 0 Å². The molecule has 0 aliphatic heterocycles. The van der Waals surface area contributed by atoms with Crippen molar-refractivity contribution in [2.45, 2.75) is 19.4 Å². The molecule has 0 bridgehead atoms. The number of hydrogen-bond donors (Lipinski definition) is 2. The van der Waals surface area contributed by atoms with Crippen LogP contribution in [0.2, 0.25) is 0 Å². The molecule has 14 heavy (non-hydrogen) atoms. The molecule has 3 N–H and O–H groups in total. The fourth-order valence-electron chi connectivity index (χ4n) is 1.43. The minimum absolute atomic E-state index is 0.00189. The average Bonchev–Trinajstić information content (AvgIpc) is 2.17. The summed E-state index contributed by atoms with van der Waals surface area (Å²) in [6.45, 7) is 3.91. The smallest absolute Gasteiger partial charge is 0.123 e. The molecule has 78 valence electrons. The zero-order valence-corrected chi connectivity index (χ0v) is 8.50. The fourth-order valence-corrected chi connectivity index (χ4v) is 1.43. The van der Waals surface area contributed by atoms with Gasteiger partial charge in [-0.05, 0) is 23.6 Å². The molecule has 1 aromatic rings. The van der Waals surface area contributed by atoms with Gasteiger partial charge in [-0.3, -0.25) is 0 Å². The second-order valence-electron chi connectivity index (χ2n) is 3.79. The van der Waals surface area contributed by atoms with Crippen LogP contribution in [0.4, 0.5) is 4.39 Å². The molecule has 0 aliphatic rings. The first-order chi connectivity index (χ1) is 6.50. The highest BCUT2D eigenvalue weighted by Crippen LogP contribution is 2.28. The van der Waals surface area contributed by atoms with Crippen LogP contribution in [0.5, 0.6) is 0 Å². The normalized spacial score (nSPS) is 15.6. The summed E-state index contributed by atoms with van der Waals surface area (Å²) >= 11 is 0. The first-order valence-electron chi connectivity index (χ1n) is 4.69. The fraction of sp³-hybridized carbons (Fsp3) is 0.455. The molecule has 0 radical (unpaired) electrons. The lowest BCUT2D eigenvalue weighted by Crippen LogP contribution is -2.39. The average molecular weight is 197 g/mol. The van der Waals surface area contributed by atoms with Crippen LogP contribution in [-0.4, -0.2) is 11.7 Å². The van der Waals surface area contributed by atoms with Crippen LogP contribution in [0.3, 0.4) is 0 Å². The number of halogens is 1. The van der Waals surface area contributed by atoms with E-state index in [9.17, 15) is 9.50 Å². The molecule has 0 amide bonds. The lowest BCUT2D eigenvalue weighted by atomic mass is 9.83. The summed E-state index contributed by atoms with van der Waals surface area (Å²) in [5, 5.41) is 10.2. The highest BCUT2D eigenvalue weighted by Gasteiger charge is 2.31. The molecule has 1 unspecified atom stereocenters. The van der Waals surface area contributed by atoms with Gasteiger partial charge < -0.3 is 10.8 Å². The molecule has 2 nitrogen and oxygen atoms in total. The molecule has 0 saturated carbocycles. The third-order valence-electron chi connectivity index (χ3n) is 2.61. The predicted molar refractivity (Wildman–Crippen MR) is 54.2 cm³/mol. The first kappa shape index (κ1) is 11.1. The van der Waals surface area contributed by atoms with E-state index in [2.05, 4.69) is 0 Å². The van der Waals surface area contributed by atoms with E-state index in [1.165, 1.54) is 12.1 Å². The van der Waals surface area contributed by atoms with Crippen LogP contribution in [0.25, 0.3) is 0 Å². The van der Waals surface area contributed by atoms with Crippen LogP contribution in [0, 0.1) is 11.7 Å².